The molecule has 0 amide bonds. The molecule has 1 N–H and O–H groups in total. The van der Waals surface area contributed by atoms with Crippen LogP contribution < -0.4 is 19.5 Å². The standard InChI is InChI=1S/C21H28FN3O3/c1-6-23-21(25(2)14-15-7-9-17(22)10-8-15)24-13-16-11-18(26-3)20(28-5)19(12-16)27-4/h7-12H,6,13-14H2,1-5H3,(H,23,24). The molecule has 0 unspecified atom stereocenters. The summed E-state index contributed by atoms with van der Waals surface area (Å²) in [5, 5.41) is 3.28. The molecule has 0 aromatic heterocycles. The number of guanidine groups is 1. The molecule has 0 heterocycles. The van der Waals surface area contributed by atoms with E-state index in [1.807, 2.05) is 31.0 Å². The Hall–Kier alpha value is -2.96. The van der Waals surface area contributed by atoms with Gasteiger partial charge in [0.2, 0.25) is 5.75 Å². The molecule has 0 saturated carbocycles. The van der Waals surface area contributed by atoms with Crippen LogP contribution in [0.5, 0.6) is 17.2 Å². The van der Waals surface area contributed by atoms with E-state index in [2.05, 4.69) is 5.32 Å². The molecular formula is C21H28FN3O3. The summed E-state index contributed by atoms with van der Waals surface area (Å²) in [6.07, 6.45) is 0. The third-order valence-electron chi connectivity index (χ3n) is 4.17. The minimum atomic E-state index is -0.241. The first kappa shape index (κ1) is 21.3. The number of aliphatic imine (C=N–C) groups is 1. The van der Waals surface area contributed by atoms with Crippen LogP contribution in [0, 0.1) is 5.82 Å². The van der Waals surface area contributed by atoms with E-state index in [1.54, 1.807) is 33.5 Å². The second-order valence-corrected chi connectivity index (χ2v) is 6.19. The quantitative estimate of drug-likeness (QED) is 0.554. The van der Waals surface area contributed by atoms with Crippen molar-refractivity contribution in [3.05, 3.63) is 53.3 Å². The maximum Gasteiger partial charge on any atom is 0.203 e. The second-order valence-electron chi connectivity index (χ2n) is 6.19. The molecule has 0 saturated heterocycles. The van der Waals surface area contributed by atoms with Crippen molar-refractivity contribution in [2.45, 2.75) is 20.0 Å². The molecule has 0 aliphatic rings. The molecule has 0 atom stereocenters. The first-order valence-corrected chi connectivity index (χ1v) is 9.05. The highest BCUT2D eigenvalue weighted by Gasteiger charge is 2.13. The van der Waals surface area contributed by atoms with E-state index in [0.29, 0.717) is 30.3 Å². The number of hydrogen-bond acceptors (Lipinski definition) is 4. The van der Waals surface area contributed by atoms with Crippen LogP contribution >= 0.6 is 0 Å². The van der Waals surface area contributed by atoms with Crippen molar-refractivity contribution in [2.75, 3.05) is 34.9 Å². The van der Waals surface area contributed by atoms with Crippen LogP contribution in [0.2, 0.25) is 0 Å². The van der Waals surface area contributed by atoms with Crippen LogP contribution in [0.3, 0.4) is 0 Å². The van der Waals surface area contributed by atoms with E-state index in [9.17, 15) is 4.39 Å². The molecule has 2 aromatic rings. The fourth-order valence-corrected chi connectivity index (χ4v) is 2.80. The highest BCUT2D eigenvalue weighted by Crippen LogP contribution is 2.38. The molecule has 152 valence electrons. The summed E-state index contributed by atoms with van der Waals surface area (Å²) < 4.78 is 29.3. The Bertz CT molecular complexity index is 769. The molecule has 0 spiro atoms. The monoisotopic (exact) mass is 389 g/mol. The molecular weight excluding hydrogens is 361 g/mol. The smallest absolute Gasteiger partial charge is 0.203 e. The molecule has 0 fully saturated rings. The highest BCUT2D eigenvalue weighted by atomic mass is 19.1. The summed E-state index contributed by atoms with van der Waals surface area (Å²) in [5.41, 5.74) is 1.93. The van der Waals surface area contributed by atoms with Crippen molar-refractivity contribution < 1.29 is 18.6 Å². The van der Waals surface area contributed by atoms with E-state index in [4.69, 9.17) is 19.2 Å². The topological polar surface area (TPSA) is 55.3 Å². The maximum absolute atomic E-state index is 13.1. The SMILES string of the molecule is CCNC(=NCc1cc(OC)c(OC)c(OC)c1)N(C)Cc1ccc(F)cc1. The van der Waals surface area contributed by atoms with Gasteiger partial charge in [0, 0.05) is 20.1 Å². The van der Waals surface area contributed by atoms with Crippen molar-refractivity contribution in [3.8, 4) is 17.2 Å². The lowest BCUT2D eigenvalue weighted by molar-refractivity contribution is 0.324. The summed E-state index contributed by atoms with van der Waals surface area (Å²) in [6, 6.07) is 10.2. The Morgan fingerprint density at radius 2 is 1.61 bits per heavy atom. The van der Waals surface area contributed by atoms with Gasteiger partial charge in [-0.1, -0.05) is 12.1 Å². The fraction of sp³-hybridized carbons (Fsp3) is 0.381. The van der Waals surface area contributed by atoms with Gasteiger partial charge in [-0.25, -0.2) is 9.38 Å². The van der Waals surface area contributed by atoms with Crippen LogP contribution in [0.4, 0.5) is 4.39 Å². The van der Waals surface area contributed by atoms with Crippen LogP contribution in [-0.4, -0.2) is 45.8 Å². The lowest BCUT2D eigenvalue weighted by Gasteiger charge is -2.22. The summed E-state index contributed by atoms with van der Waals surface area (Å²) in [4.78, 5) is 6.70. The van der Waals surface area contributed by atoms with Gasteiger partial charge in [0.25, 0.3) is 0 Å². The Balaban J connectivity index is 2.20. The summed E-state index contributed by atoms with van der Waals surface area (Å²) >= 11 is 0. The molecule has 0 aliphatic heterocycles. The molecule has 2 aromatic carbocycles. The highest BCUT2D eigenvalue weighted by molar-refractivity contribution is 5.79. The molecule has 6 nitrogen and oxygen atoms in total. The van der Waals surface area contributed by atoms with E-state index in [-0.39, 0.29) is 5.82 Å². The normalized spacial score (nSPS) is 11.1. The average molecular weight is 389 g/mol. The van der Waals surface area contributed by atoms with Gasteiger partial charge < -0.3 is 24.4 Å². The minimum absolute atomic E-state index is 0.241. The third kappa shape index (κ3) is 5.52. The lowest BCUT2D eigenvalue weighted by Crippen LogP contribution is -2.38. The van der Waals surface area contributed by atoms with Crippen molar-refractivity contribution in [1.82, 2.24) is 10.2 Å². The van der Waals surface area contributed by atoms with Gasteiger partial charge in [-0.15, -0.1) is 0 Å². The summed E-state index contributed by atoms with van der Waals surface area (Å²) in [7, 11) is 6.70. The number of nitrogens with one attached hydrogen (secondary N) is 1. The zero-order valence-corrected chi connectivity index (χ0v) is 17.1. The van der Waals surface area contributed by atoms with Crippen LogP contribution in [0.1, 0.15) is 18.1 Å². The minimum Gasteiger partial charge on any atom is -0.493 e. The number of rotatable bonds is 8. The predicted octanol–water partition coefficient (Wildman–Crippen LogP) is 3.45. The van der Waals surface area contributed by atoms with E-state index in [1.165, 1.54) is 12.1 Å². The van der Waals surface area contributed by atoms with Crippen LogP contribution in [-0.2, 0) is 13.1 Å². The van der Waals surface area contributed by atoms with Crippen molar-refractivity contribution in [1.29, 1.82) is 0 Å². The van der Waals surface area contributed by atoms with E-state index < -0.39 is 0 Å². The number of nitrogens with zero attached hydrogens (tertiary/aromatic N) is 2. The number of benzene rings is 2. The summed E-state index contributed by atoms with van der Waals surface area (Å²) in [6.45, 7) is 3.80. The van der Waals surface area contributed by atoms with E-state index in [0.717, 1.165) is 23.6 Å². The third-order valence-corrected chi connectivity index (χ3v) is 4.17. The van der Waals surface area contributed by atoms with Gasteiger partial charge >= 0.3 is 0 Å². The Morgan fingerprint density at radius 1 is 1.00 bits per heavy atom. The number of ether oxygens (including phenoxy) is 3. The maximum atomic E-state index is 13.1. The van der Waals surface area contributed by atoms with Gasteiger partial charge in [-0.05, 0) is 42.3 Å². The fourth-order valence-electron chi connectivity index (χ4n) is 2.80. The van der Waals surface area contributed by atoms with E-state index >= 15 is 0 Å². The van der Waals surface area contributed by atoms with Crippen molar-refractivity contribution in [2.24, 2.45) is 4.99 Å². The number of methoxy groups -OCH3 is 3. The van der Waals surface area contributed by atoms with Crippen molar-refractivity contribution >= 4 is 5.96 Å². The van der Waals surface area contributed by atoms with Crippen LogP contribution in [0.15, 0.2) is 41.4 Å². The zero-order chi connectivity index (χ0) is 20.5. The van der Waals surface area contributed by atoms with Crippen molar-refractivity contribution in [3.63, 3.8) is 0 Å². The Morgan fingerprint density at radius 3 is 2.11 bits per heavy atom. The Kier molecular flexibility index (Phi) is 7.92. The molecule has 28 heavy (non-hydrogen) atoms. The molecule has 7 heteroatoms. The number of hydrogen-bond donors (Lipinski definition) is 1. The van der Waals surface area contributed by atoms with Gasteiger partial charge in [0.05, 0.1) is 27.9 Å². The summed E-state index contributed by atoms with van der Waals surface area (Å²) in [5.74, 6) is 2.25. The second kappa shape index (κ2) is 10.4. The first-order valence-electron chi connectivity index (χ1n) is 9.05. The molecule has 2 rings (SSSR count). The predicted molar refractivity (Wildman–Crippen MR) is 109 cm³/mol. The average Bonchev–Trinajstić information content (AvgIpc) is 2.71. The molecule has 0 bridgehead atoms. The van der Waals surface area contributed by atoms with Gasteiger partial charge in [0.1, 0.15) is 5.82 Å². The first-order chi connectivity index (χ1) is 13.5. The van der Waals surface area contributed by atoms with Crippen LogP contribution in [0.25, 0.3) is 0 Å². The molecule has 0 aliphatic carbocycles. The largest absolute Gasteiger partial charge is 0.493 e. The number of halogens is 1. The Labute approximate surface area is 165 Å². The van der Waals surface area contributed by atoms with Gasteiger partial charge in [-0.2, -0.15) is 0 Å². The lowest BCUT2D eigenvalue weighted by atomic mass is 10.2. The zero-order valence-electron chi connectivity index (χ0n) is 17.1. The van der Waals surface area contributed by atoms with Gasteiger partial charge in [-0.3, -0.25) is 0 Å². The molecule has 0 radical (unpaired) electrons. The van der Waals surface area contributed by atoms with Gasteiger partial charge in [0.15, 0.2) is 17.5 Å².